The summed E-state index contributed by atoms with van der Waals surface area (Å²) < 4.78 is 9.21. The van der Waals surface area contributed by atoms with E-state index in [0.717, 1.165) is 6.08 Å². The van der Waals surface area contributed by atoms with E-state index in [-0.39, 0.29) is 44.2 Å². The first-order valence-corrected chi connectivity index (χ1v) is 3.69. The molecule has 0 aliphatic carbocycles. The smallest absolute Gasteiger partial charge is 1.00 e. The van der Waals surface area contributed by atoms with Gasteiger partial charge in [-0.3, -0.25) is 0 Å². The third-order valence-corrected chi connectivity index (χ3v) is 1.08. The van der Waals surface area contributed by atoms with Crippen LogP contribution in [0.2, 0.25) is 0 Å². The van der Waals surface area contributed by atoms with Crippen LogP contribution in [0.25, 0.3) is 0 Å². The van der Waals surface area contributed by atoms with Gasteiger partial charge in [0.2, 0.25) is 0 Å². The Kier molecular flexibility index (Phi) is 10.2. The zero-order chi connectivity index (χ0) is 10.3. The van der Waals surface area contributed by atoms with E-state index in [1.54, 1.807) is 0 Å². The number of hydrogen-bond acceptors (Lipinski definition) is 4. The van der Waals surface area contributed by atoms with Crippen molar-refractivity contribution >= 4 is 11.9 Å². The fourth-order valence-electron chi connectivity index (χ4n) is 0.459. The molecular weight excluding hydrogens is 195 g/mol. The van der Waals surface area contributed by atoms with Crippen LogP contribution >= 0.6 is 0 Å². The van der Waals surface area contributed by atoms with E-state index in [9.17, 15) is 9.59 Å². The predicted octanol–water partition coefficient (Wildman–Crippen LogP) is -2.05. The average Bonchev–Trinajstić information content (AvgIpc) is 2.11. The second-order valence-electron chi connectivity index (χ2n) is 2.29. The maximum Gasteiger partial charge on any atom is 1.00 e. The van der Waals surface area contributed by atoms with Crippen molar-refractivity contribution in [2.24, 2.45) is 0 Å². The molecule has 4 nitrogen and oxygen atoms in total. The van der Waals surface area contributed by atoms with Gasteiger partial charge in [-0.2, -0.15) is 0 Å². The summed E-state index contributed by atoms with van der Waals surface area (Å²) in [7, 11) is 0. The average molecular weight is 208 g/mol. The maximum atomic E-state index is 10.8. The molecule has 74 valence electrons. The molecular formula is C9H13NaO4. The van der Waals surface area contributed by atoms with Gasteiger partial charge in [-0.1, -0.05) is 13.2 Å². The second kappa shape index (κ2) is 8.99. The van der Waals surface area contributed by atoms with Crippen molar-refractivity contribution in [3.8, 4) is 0 Å². The first-order chi connectivity index (χ1) is 6.07. The maximum absolute atomic E-state index is 10.8. The van der Waals surface area contributed by atoms with E-state index in [4.69, 9.17) is 0 Å². The molecule has 0 N–H and O–H groups in total. The Labute approximate surface area is 107 Å². The Morgan fingerprint density at radius 2 is 1.86 bits per heavy atom. The van der Waals surface area contributed by atoms with Gasteiger partial charge in [0, 0.05) is 11.6 Å². The quantitative estimate of drug-likeness (QED) is 0.226. The van der Waals surface area contributed by atoms with Crippen molar-refractivity contribution in [1.29, 1.82) is 0 Å². The fourth-order valence-corrected chi connectivity index (χ4v) is 0.459. The summed E-state index contributed by atoms with van der Waals surface area (Å²) in [5.74, 6) is -1.03. The molecule has 0 radical (unpaired) electrons. The molecule has 0 saturated heterocycles. The molecule has 0 bridgehead atoms. The van der Waals surface area contributed by atoms with Gasteiger partial charge in [-0.25, -0.2) is 9.59 Å². The molecule has 0 saturated carbocycles. The summed E-state index contributed by atoms with van der Waals surface area (Å²) in [6, 6.07) is 0. The first kappa shape index (κ1) is 15.9. The van der Waals surface area contributed by atoms with Crippen LogP contribution in [0.5, 0.6) is 0 Å². The van der Waals surface area contributed by atoms with E-state index in [1.165, 1.54) is 6.92 Å². The Bertz CT molecular complexity index is 240. The van der Waals surface area contributed by atoms with E-state index < -0.39 is 11.9 Å². The summed E-state index contributed by atoms with van der Waals surface area (Å²) in [6.45, 7) is 8.20. The molecule has 0 aliphatic heterocycles. The molecule has 0 spiro atoms. The molecule has 0 aromatic rings. The Morgan fingerprint density at radius 1 is 1.36 bits per heavy atom. The molecule has 0 aromatic heterocycles. The summed E-state index contributed by atoms with van der Waals surface area (Å²) in [4.78, 5) is 21.3. The van der Waals surface area contributed by atoms with Crippen molar-refractivity contribution < 1.29 is 50.0 Å². The van der Waals surface area contributed by atoms with Gasteiger partial charge in [0.1, 0.15) is 13.2 Å². The van der Waals surface area contributed by atoms with Gasteiger partial charge in [-0.15, -0.1) is 0 Å². The topological polar surface area (TPSA) is 52.6 Å². The minimum Gasteiger partial charge on any atom is -1.00 e. The Hall–Kier alpha value is -0.580. The van der Waals surface area contributed by atoms with Crippen molar-refractivity contribution in [2.75, 3.05) is 13.2 Å². The monoisotopic (exact) mass is 208 g/mol. The molecule has 14 heavy (non-hydrogen) atoms. The Balaban J connectivity index is -0.000000720. The number of ether oxygens (including phenoxy) is 2. The van der Waals surface area contributed by atoms with Crippen LogP contribution in [0.3, 0.4) is 0 Å². The number of carbonyl (C=O) groups is 2. The number of carbonyl (C=O) groups excluding carboxylic acids is 2. The zero-order valence-corrected chi connectivity index (χ0v) is 10.5. The van der Waals surface area contributed by atoms with Crippen molar-refractivity contribution in [3.63, 3.8) is 0 Å². The largest absolute Gasteiger partial charge is 1.00 e. The molecule has 0 heterocycles. The van der Waals surface area contributed by atoms with Crippen LogP contribution in [0.4, 0.5) is 0 Å². The van der Waals surface area contributed by atoms with Gasteiger partial charge >= 0.3 is 41.5 Å². The molecule has 0 unspecified atom stereocenters. The molecule has 0 rings (SSSR count). The van der Waals surface area contributed by atoms with Crippen LogP contribution in [-0.2, 0) is 19.1 Å². The third kappa shape index (κ3) is 8.04. The zero-order valence-electron chi connectivity index (χ0n) is 9.54. The third-order valence-electron chi connectivity index (χ3n) is 1.08. The van der Waals surface area contributed by atoms with Gasteiger partial charge in [0.15, 0.2) is 0 Å². The van der Waals surface area contributed by atoms with Crippen LogP contribution in [0.1, 0.15) is 8.35 Å². The molecule has 5 heteroatoms. The van der Waals surface area contributed by atoms with Crippen LogP contribution < -0.4 is 29.6 Å². The number of hydrogen-bond donors (Lipinski definition) is 0. The van der Waals surface area contributed by atoms with Crippen molar-refractivity contribution in [2.45, 2.75) is 6.92 Å². The van der Waals surface area contributed by atoms with Gasteiger partial charge in [0.05, 0.1) is 0 Å². The molecule has 0 aliphatic rings. The SMILES string of the molecule is C=CC(=O)OCCOC(=O)C(=C)C.[H-].[Na+]. The van der Waals surface area contributed by atoms with Gasteiger partial charge in [0.25, 0.3) is 0 Å². The summed E-state index contributed by atoms with van der Waals surface area (Å²) in [6.07, 6.45) is 1.04. The number of esters is 2. The van der Waals surface area contributed by atoms with E-state index >= 15 is 0 Å². The molecule has 0 atom stereocenters. The summed E-state index contributed by atoms with van der Waals surface area (Å²) in [5.41, 5.74) is 0.315. The van der Waals surface area contributed by atoms with Crippen LogP contribution in [0, 0.1) is 0 Å². The van der Waals surface area contributed by atoms with Gasteiger partial charge in [-0.05, 0) is 6.92 Å². The van der Waals surface area contributed by atoms with Gasteiger partial charge < -0.3 is 10.9 Å². The minimum atomic E-state index is -0.536. The normalized spacial score (nSPS) is 8.07. The number of rotatable bonds is 5. The predicted molar refractivity (Wildman–Crippen MR) is 48.0 cm³/mol. The fraction of sp³-hybridized carbons (Fsp3) is 0.333. The van der Waals surface area contributed by atoms with Crippen LogP contribution in [0.15, 0.2) is 24.8 Å². The van der Waals surface area contributed by atoms with E-state index in [0.29, 0.717) is 5.57 Å². The standard InChI is InChI=1S/C9H12O4.Na.H/c1-4-8(10)12-5-6-13-9(11)7(2)3;;/h4H,1-2,5-6H2,3H3;;/q;+1;-1. The molecule has 0 amide bonds. The van der Waals surface area contributed by atoms with Crippen LogP contribution in [-0.4, -0.2) is 25.2 Å². The minimum absolute atomic E-state index is 0. The van der Waals surface area contributed by atoms with Crippen molar-refractivity contribution in [1.82, 2.24) is 0 Å². The summed E-state index contributed by atoms with van der Waals surface area (Å²) >= 11 is 0. The molecule has 0 aromatic carbocycles. The first-order valence-electron chi connectivity index (χ1n) is 3.69. The van der Waals surface area contributed by atoms with Crippen molar-refractivity contribution in [3.05, 3.63) is 24.8 Å². The Morgan fingerprint density at radius 3 is 2.29 bits per heavy atom. The van der Waals surface area contributed by atoms with E-state index in [2.05, 4.69) is 22.6 Å². The second-order valence-corrected chi connectivity index (χ2v) is 2.29. The van der Waals surface area contributed by atoms with E-state index in [1.807, 2.05) is 0 Å². The summed E-state index contributed by atoms with van der Waals surface area (Å²) in [5, 5.41) is 0. The molecule has 0 fully saturated rings.